The van der Waals surface area contributed by atoms with Crippen molar-refractivity contribution in [1.29, 1.82) is 0 Å². The summed E-state index contributed by atoms with van der Waals surface area (Å²) in [6.07, 6.45) is 0. The lowest BCUT2D eigenvalue weighted by molar-refractivity contribution is 0.628. The van der Waals surface area contributed by atoms with Crippen molar-refractivity contribution in [1.82, 2.24) is 0 Å². The maximum absolute atomic E-state index is 13.3. The summed E-state index contributed by atoms with van der Waals surface area (Å²) in [6.45, 7) is 0. The Labute approximate surface area is 137 Å². The van der Waals surface area contributed by atoms with E-state index in [1.807, 2.05) is 0 Å². The zero-order valence-electron chi connectivity index (χ0n) is 11.9. The molecule has 0 atom stereocenters. The molecule has 23 heavy (non-hydrogen) atoms. The predicted octanol–water partition coefficient (Wildman–Crippen LogP) is 3.86. The summed E-state index contributed by atoms with van der Waals surface area (Å²) in [7, 11) is 0. The Hall–Kier alpha value is -1.90. The van der Waals surface area contributed by atoms with Crippen LogP contribution < -0.4 is 15.9 Å². The molecule has 0 aliphatic heterocycles. The van der Waals surface area contributed by atoms with E-state index in [0.29, 0.717) is 0 Å². The number of hydrogen-bond donors (Lipinski definition) is 0. The van der Waals surface area contributed by atoms with Gasteiger partial charge in [0, 0.05) is 6.04 Å². The molecule has 116 valence electrons. The molecular weight excluding hydrogens is 336 g/mol. The summed E-state index contributed by atoms with van der Waals surface area (Å²) in [6, 6.07) is 15.5. The minimum atomic E-state index is -2.50. The van der Waals surface area contributed by atoms with Crippen molar-refractivity contribution in [2.45, 2.75) is 0 Å². The van der Waals surface area contributed by atoms with Gasteiger partial charge in [-0.05, 0) is 52.3 Å². The van der Waals surface area contributed by atoms with E-state index >= 15 is 0 Å². The Morgan fingerprint density at radius 2 is 0.696 bits per heavy atom. The summed E-state index contributed by atoms with van der Waals surface area (Å²) in [5.41, 5.74) is 0. The van der Waals surface area contributed by atoms with Crippen LogP contribution in [0, 0.1) is 17.5 Å². The normalized spacial score (nSPS) is 11.4. The van der Waals surface area contributed by atoms with Crippen LogP contribution in [0.1, 0.15) is 0 Å². The molecule has 3 rings (SSSR count). The Morgan fingerprint density at radius 3 is 0.913 bits per heavy atom. The van der Waals surface area contributed by atoms with Crippen LogP contribution in [-0.4, -0.2) is 0 Å². The average molecular weight is 348 g/mol. The maximum Gasteiger partial charge on any atom is 0.123 e. The highest BCUT2D eigenvalue weighted by molar-refractivity contribution is 8.25. The second-order valence-electron chi connectivity index (χ2n) is 5.04. The molecule has 0 bridgehead atoms. The fraction of sp³-hybridized carbons (Fsp3) is 0. The number of hydrogen-bond acceptors (Lipinski definition) is 1. The van der Waals surface area contributed by atoms with Crippen LogP contribution in [0.2, 0.25) is 0 Å². The van der Waals surface area contributed by atoms with Crippen molar-refractivity contribution in [3.05, 3.63) is 90.2 Å². The second-order valence-corrected chi connectivity index (χ2v) is 9.45. The molecule has 0 nitrogen and oxygen atoms in total. The smallest absolute Gasteiger partial charge is 0.123 e. The van der Waals surface area contributed by atoms with Crippen LogP contribution in [0.25, 0.3) is 0 Å². The van der Waals surface area contributed by atoms with Gasteiger partial charge < -0.3 is 0 Å². The van der Waals surface area contributed by atoms with Gasteiger partial charge in [0.05, 0.1) is 0 Å². The van der Waals surface area contributed by atoms with E-state index in [1.54, 1.807) is 36.4 Å². The van der Waals surface area contributed by atoms with E-state index in [4.69, 9.17) is 11.8 Å². The molecule has 0 heterocycles. The monoisotopic (exact) mass is 348 g/mol. The zero-order valence-corrected chi connectivity index (χ0v) is 13.6. The van der Waals surface area contributed by atoms with Gasteiger partial charge in [-0.1, -0.05) is 48.2 Å². The fourth-order valence-corrected chi connectivity index (χ4v) is 6.10. The van der Waals surface area contributed by atoms with Crippen LogP contribution in [-0.2, 0) is 11.8 Å². The molecule has 0 amide bonds. The first-order chi connectivity index (χ1) is 11.0. The Morgan fingerprint density at radius 1 is 0.478 bits per heavy atom. The third kappa shape index (κ3) is 3.10. The van der Waals surface area contributed by atoms with Crippen molar-refractivity contribution in [3.63, 3.8) is 0 Å². The molecule has 0 unspecified atom stereocenters. The minimum absolute atomic E-state index is 0.353. The van der Waals surface area contributed by atoms with Gasteiger partial charge in [-0.3, -0.25) is 0 Å². The van der Waals surface area contributed by atoms with Crippen molar-refractivity contribution in [2.75, 3.05) is 0 Å². The molecule has 0 aliphatic carbocycles. The van der Waals surface area contributed by atoms with Gasteiger partial charge in [-0.2, -0.15) is 0 Å². The van der Waals surface area contributed by atoms with Crippen molar-refractivity contribution in [2.24, 2.45) is 0 Å². The van der Waals surface area contributed by atoms with Crippen molar-refractivity contribution in [3.8, 4) is 0 Å². The average Bonchev–Trinajstić information content (AvgIpc) is 2.56. The largest absolute Gasteiger partial charge is 0.207 e. The second kappa shape index (κ2) is 6.31. The van der Waals surface area contributed by atoms with Gasteiger partial charge in [0.2, 0.25) is 0 Å². The molecule has 0 aromatic heterocycles. The lowest BCUT2D eigenvalue weighted by atomic mass is 10.3. The lowest BCUT2D eigenvalue weighted by Crippen LogP contribution is -2.25. The maximum atomic E-state index is 13.3. The van der Waals surface area contributed by atoms with E-state index in [1.165, 1.54) is 36.4 Å². The first-order valence-electron chi connectivity index (χ1n) is 6.88. The fourth-order valence-electron chi connectivity index (χ4n) is 2.40. The Bertz CT molecular complexity index is 739. The first kappa shape index (κ1) is 16.0. The third-order valence-corrected chi connectivity index (χ3v) is 8.54. The van der Waals surface area contributed by atoms with Gasteiger partial charge in [-0.15, -0.1) is 0 Å². The van der Waals surface area contributed by atoms with Crippen molar-refractivity contribution >= 4 is 33.8 Å². The standard InChI is InChI=1S/C18H12F3PS/c19-13-1-7-16(8-2-13)22(23,17-9-3-14(20)4-10-17)18-11-5-15(21)6-12-18/h1-12H. The topological polar surface area (TPSA) is 0 Å². The van der Waals surface area contributed by atoms with Gasteiger partial charge in [0.15, 0.2) is 0 Å². The molecule has 0 N–H and O–H groups in total. The molecule has 0 saturated carbocycles. The number of benzene rings is 3. The first-order valence-corrected chi connectivity index (χ1v) is 9.69. The molecule has 0 radical (unpaired) electrons. The highest BCUT2D eigenvalue weighted by atomic mass is 32.4. The van der Waals surface area contributed by atoms with E-state index in [2.05, 4.69) is 0 Å². The molecule has 0 spiro atoms. The minimum Gasteiger partial charge on any atom is -0.207 e. The van der Waals surface area contributed by atoms with Gasteiger partial charge >= 0.3 is 0 Å². The number of rotatable bonds is 3. The molecule has 0 saturated heterocycles. The summed E-state index contributed by atoms with van der Waals surface area (Å²) in [4.78, 5) is 0. The third-order valence-electron chi connectivity index (χ3n) is 3.57. The van der Waals surface area contributed by atoms with Crippen LogP contribution in [0.3, 0.4) is 0 Å². The summed E-state index contributed by atoms with van der Waals surface area (Å²) >= 11 is 5.97. The van der Waals surface area contributed by atoms with Crippen LogP contribution >= 0.6 is 6.04 Å². The van der Waals surface area contributed by atoms with Crippen LogP contribution in [0.15, 0.2) is 72.8 Å². The zero-order chi connectivity index (χ0) is 16.4. The highest BCUT2D eigenvalue weighted by Gasteiger charge is 2.25. The summed E-state index contributed by atoms with van der Waals surface area (Å²) < 4.78 is 39.8. The van der Waals surface area contributed by atoms with Crippen LogP contribution in [0.5, 0.6) is 0 Å². The predicted molar refractivity (Wildman–Crippen MR) is 92.4 cm³/mol. The molecular formula is C18H12F3PS. The Kier molecular flexibility index (Phi) is 4.38. The van der Waals surface area contributed by atoms with Gasteiger partial charge in [0.25, 0.3) is 0 Å². The number of halogens is 3. The quantitative estimate of drug-likeness (QED) is 0.648. The van der Waals surface area contributed by atoms with E-state index in [0.717, 1.165) is 15.9 Å². The van der Waals surface area contributed by atoms with Crippen LogP contribution in [0.4, 0.5) is 13.2 Å². The lowest BCUT2D eigenvalue weighted by Gasteiger charge is -2.24. The highest BCUT2D eigenvalue weighted by Crippen LogP contribution is 2.42. The van der Waals surface area contributed by atoms with Gasteiger partial charge in [0.1, 0.15) is 17.5 Å². The molecule has 5 heteroatoms. The summed E-state index contributed by atoms with van der Waals surface area (Å²) in [5, 5.41) is 2.31. The van der Waals surface area contributed by atoms with E-state index < -0.39 is 6.04 Å². The van der Waals surface area contributed by atoms with E-state index in [9.17, 15) is 13.2 Å². The molecule has 3 aromatic rings. The van der Waals surface area contributed by atoms with Crippen molar-refractivity contribution < 1.29 is 13.2 Å². The summed E-state index contributed by atoms with van der Waals surface area (Å²) in [5.74, 6) is -1.06. The molecule has 3 aromatic carbocycles. The van der Waals surface area contributed by atoms with E-state index in [-0.39, 0.29) is 17.5 Å². The van der Waals surface area contributed by atoms with Gasteiger partial charge in [-0.25, -0.2) is 13.2 Å². The molecule has 0 aliphatic rings. The molecule has 0 fully saturated rings. The SMILES string of the molecule is Fc1ccc(P(=S)(c2ccc(F)cc2)c2ccc(F)cc2)cc1. The Balaban J connectivity index is 2.24.